The fraction of sp³-hybridized carbons (Fsp3) is 0.480. The molecule has 1 aromatic carbocycles. The maximum absolute atomic E-state index is 16.0. The van der Waals surface area contributed by atoms with E-state index in [1.807, 2.05) is 0 Å². The molecule has 2 aromatic rings. The standard InChI is InChI=1S/C25H28FN3O6/c1-3-9-35-25(33)28-8-4-5-14-11-27(13-19(14)28)21-18(26)10-16-20(23(21)34-2)29(15-6-7-15)12-17(22(16)30)24(31)32/h3,10,12,14-15,19H,1,4-9,11,13H2,2H3,(H,31,32)/t14-,19+/m0/s1/i11D2,13D2. The number of aromatic carboxylic acids is 1. The van der Waals surface area contributed by atoms with E-state index >= 15 is 4.39 Å². The smallest absolute Gasteiger partial charge is 0.410 e. The van der Waals surface area contributed by atoms with Crippen LogP contribution in [0.3, 0.4) is 0 Å². The number of ether oxygens (including phenoxy) is 2. The molecule has 0 unspecified atom stereocenters. The van der Waals surface area contributed by atoms with Gasteiger partial charge in [0.25, 0.3) is 0 Å². The van der Waals surface area contributed by atoms with Crippen molar-refractivity contribution in [2.45, 2.75) is 37.8 Å². The number of nitrogens with zero attached hydrogens (tertiary/aromatic N) is 3. The van der Waals surface area contributed by atoms with E-state index in [1.165, 1.54) is 23.9 Å². The summed E-state index contributed by atoms with van der Waals surface area (Å²) in [5, 5.41) is 9.29. The van der Waals surface area contributed by atoms with Crippen molar-refractivity contribution in [1.82, 2.24) is 9.47 Å². The molecule has 0 bridgehead atoms. The zero-order valence-corrected chi connectivity index (χ0v) is 19.1. The van der Waals surface area contributed by atoms with E-state index < -0.39 is 59.5 Å². The first-order chi connectivity index (χ1) is 18.4. The van der Waals surface area contributed by atoms with Gasteiger partial charge in [-0.05, 0) is 37.7 Å². The van der Waals surface area contributed by atoms with Crippen LogP contribution in [0.25, 0.3) is 10.9 Å². The number of pyridine rings is 1. The molecule has 35 heavy (non-hydrogen) atoms. The number of carbonyl (C=O) groups is 2. The fourth-order valence-corrected chi connectivity index (χ4v) is 4.81. The minimum absolute atomic E-state index is 0.0510. The summed E-state index contributed by atoms with van der Waals surface area (Å²) in [6, 6.07) is -0.702. The number of halogens is 1. The Labute approximate surface area is 206 Å². The highest BCUT2D eigenvalue weighted by Gasteiger charge is 2.43. The average Bonchev–Trinajstić information content (AvgIpc) is 3.70. The molecule has 1 saturated carbocycles. The number of piperidine rings is 1. The van der Waals surface area contributed by atoms with Crippen LogP contribution in [-0.2, 0) is 4.74 Å². The molecule has 0 radical (unpaired) electrons. The lowest BCUT2D eigenvalue weighted by atomic mass is 9.92. The Kier molecular flexibility index (Phi) is 4.76. The molecule has 5 rings (SSSR count). The molecule has 9 nitrogen and oxygen atoms in total. The summed E-state index contributed by atoms with van der Waals surface area (Å²) < 4.78 is 64.2. The van der Waals surface area contributed by atoms with Crippen molar-refractivity contribution in [3.05, 3.63) is 46.5 Å². The van der Waals surface area contributed by atoms with Gasteiger partial charge in [0.2, 0.25) is 5.43 Å². The van der Waals surface area contributed by atoms with Gasteiger partial charge in [-0.3, -0.25) is 4.79 Å². The lowest BCUT2D eigenvalue weighted by Crippen LogP contribution is -2.48. The first-order valence-electron chi connectivity index (χ1n) is 13.4. The zero-order valence-electron chi connectivity index (χ0n) is 23.1. The Morgan fingerprint density at radius 3 is 2.77 bits per heavy atom. The molecule has 1 aliphatic carbocycles. The molecule has 3 fully saturated rings. The van der Waals surface area contributed by atoms with Gasteiger partial charge in [-0.25, -0.2) is 14.0 Å². The summed E-state index contributed by atoms with van der Waals surface area (Å²) in [6.07, 6.45) is 3.64. The monoisotopic (exact) mass is 489 g/mol. The third-order valence-corrected chi connectivity index (χ3v) is 6.54. The maximum atomic E-state index is 16.0. The zero-order chi connectivity index (χ0) is 28.4. The first-order valence-corrected chi connectivity index (χ1v) is 11.4. The van der Waals surface area contributed by atoms with Gasteiger partial charge in [0.15, 0.2) is 11.6 Å². The quantitative estimate of drug-likeness (QED) is 0.621. The van der Waals surface area contributed by atoms with E-state index in [2.05, 4.69) is 6.58 Å². The van der Waals surface area contributed by atoms with Crippen molar-refractivity contribution in [3.63, 3.8) is 0 Å². The van der Waals surface area contributed by atoms with E-state index in [-0.39, 0.29) is 42.3 Å². The number of hydrogen-bond acceptors (Lipinski definition) is 6. The second-order valence-corrected chi connectivity index (χ2v) is 8.80. The number of carboxylic acid groups (broad SMARTS) is 1. The van der Waals surface area contributed by atoms with Crippen LogP contribution in [-0.4, -0.2) is 65.9 Å². The Balaban J connectivity index is 1.75. The van der Waals surface area contributed by atoms with Crippen LogP contribution >= 0.6 is 0 Å². The minimum Gasteiger partial charge on any atom is -0.492 e. The van der Waals surface area contributed by atoms with Gasteiger partial charge >= 0.3 is 12.1 Å². The highest BCUT2D eigenvalue weighted by molar-refractivity contribution is 5.97. The average molecular weight is 490 g/mol. The van der Waals surface area contributed by atoms with Crippen LogP contribution in [0.5, 0.6) is 5.75 Å². The number of likely N-dealkylation sites (tertiary alicyclic amines) is 1. The van der Waals surface area contributed by atoms with Crippen LogP contribution in [0.4, 0.5) is 14.9 Å². The summed E-state index contributed by atoms with van der Waals surface area (Å²) >= 11 is 0. The van der Waals surface area contributed by atoms with E-state index in [0.717, 1.165) is 11.0 Å². The Morgan fingerprint density at radius 1 is 1.34 bits per heavy atom. The molecule has 1 amide bonds. The molecule has 2 atom stereocenters. The van der Waals surface area contributed by atoms with E-state index in [9.17, 15) is 19.5 Å². The van der Waals surface area contributed by atoms with Crippen LogP contribution in [0.2, 0.25) is 0 Å². The molecule has 1 aromatic heterocycles. The Bertz CT molecular complexity index is 1440. The molecule has 186 valence electrons. The van der Waals surface area contributed by atoms with Crippen molar-refractivity contribution >= 4 is 28.7 Å². The molecule has 0 spiro atoms. The van der Waals surface area contributed by atoms with Crippen molar-refractivity contribution in [3.8, 4) is 5.75 Å². The lowest BCUT2D eigenvalue weighted by Gasteiger charge is -2.35. The number of anilines is 1. The van der Waals surface area contributed by atoms with E-state index in [0.29, 0.717) is 24.2 Å². The largest absolute Gasteiger partial charge is 0.492 e. The number of hydrogen-bond donors (Lipinski definition) is 1. The summed E-state index contributed by atoms with van der Waals surface area (Å²) in [4.78, 5) is 39.4. The summed E-state index contributed by atoms with van der Waals surface area (Å²) in [5.41, 5.74) is -1.98. The molecular formula is C25H28FN3O6. The SMILES string of the molecule is [2H]C1([2H])[C@@H]2CCCN(C(=O)OCC=C)[C@@H]2C([2H])([2H])N1c1c(F)cc2c(=O)c(C(=O)O)cn(C3CC3)c2c1OC. The second-order valence-electron chi connectivity index (χ2n) is 8.80. The van der Waals surface area contributed by atoms with Crippen LogP contribution in [0.15, 0.2) is 29.7 Å². The van der Waals surface area contributed by atoms with Gasteiger partial charge in [0, 0.05) is 34.5 Å². The number of rotatable bonds is 6. The Morgan fingerprint density at radius 2 is 2.11 bits per heavy atom. The number of carbonyl (C=O) groups excluding carboxylic acids is 1. The first kappa shape index (κ1) is 18.7. The van der Waals surface area contributed by atoms with Gasteiger partial charge in [-0.1, -0.05) is 12.7 Å². The fourth-order valence-electron chi connectivity index (χ4n) is 4.81. The predicted octanol–water partition coefficient (Wildman–Crippen LogP) is 3.41. The predicted molar refractivity (Wildman–Crippen MR) is 127 cm³/mol. The number of carboxylic acids is 1. The van der Waals surface area contributed by atoms with Gasteiger partial charge in [-0.2, -0.15) is 0 Å². The summed E-state index contributed by atoms with van der Waals surface area (Å²) in [7, 11) is 1.19. The van der Waals surface area contributed by atoms with Crippen molar-refractivity contribution in [2.24, 2.45) is 5.92 Å². The van der Waals surface area contributed by atoms with Crippen LogP contribution < -0.4 is 15.1 Å². The normalized spacial score (nSPS) is 26.2. The van der Waals surface area contributed by atoms with Crippen LogP contribution in [0.1, 0.15) is 47.6 Å². The number of benzene rings is 1. The van der Waals surface area contributed by atoms with Crippen molar-refractivity contribution in [1.29, 1.82) is 0 Å². The third-order valence-electron chi connectivity index (χ3n) is 6.54. The molecule has 2 saturated heterocycles. The third kappa shape index (κ3) is 3.90. The lowest BCUT2D eigenvalue weighted by molar-refractivity contribution is 0.0693. The highest BCUT2D eigenvalue weighted by Crippen LogP contribution is 2.45. The number of amides is 1. The van der Waals surface area contributed by atoms with E-state index in [1.54, 1.807) is 0 Å². The van der Waals surface area contributed by atoms with Crippen LogP contribution in [0, 0.1) is 11.7 Å². The molecular weight excluding hydrogens is 457 g/mol. The molecule has 10 heteroatoms. The van der Waals surface area contributed by atoms with Gasteiger partial charge in [0.05, 0.1) is 26.8 Å². The second kappa shape index (κ2) is 8.90. The highest BCUT2D eigenvalue weighted by atomic mass is 19.1. The maximum Gasteiger partial charge on any atom is 0.410 e. The molecule has 3 heterocycles. The molecule has 2 aliphatic heterocycles. The summed E-state index contributed by atoms with van der Waals surface area (Å²) in [5.74, 6) is -3.97. The van der Waals surface area contributed by atoms with E-state index in [4.69, 9.17) is 15.0 Å². The topological polar surface area (TPSA) is 101 Å². The number of fused-ring (bicyclic) bond motifs is 2. The van der Waals surface area contributed by atoms with Crippen molar-refractivity contribution in [2.75, 3.05) is 38.2 Å². The van der Waals surface area contributed by atoms with Gasteiger partial charge < -0.3 is 28.9 Å². The number of methoxy groups -OCH3 is 1. The molecule has 1 N–H and O–H groups in total. The minimum atomic E-state index is -2.63. The van der Waals surface area contributed by atoms with Gasteiger partial charge in [-0.15, -0.1) is 0 Å². The Hall–Kier alpha value is -3.56. The number of aromatic nitrogens is 1. The van der Waals surface area contributed by atoms with Gasteiger partial charge in [0.1, 0.15) is 17.9 Å². The molecule has 3 aliphatic rings. The summed E-state index contributed by atoms with van der Waals surface area (Å²) in [6.45, 7) is -1.61. The van der Waals surface area contributed by atoms with Crippen molar-refractivity contribution < 1.29 is 34.0 Å².